The number of nitrogens with one attached hydrogen (secondary N) is 2. The van der Waals surface area contributed by atoms with E-state index in [0.717, 1.165) is 57.5 Å². The number of fused-ring (bicyclic) bond motifs is 1. The number of nitrogens with zero attached hydrogens (tertiary/aromatic N) is 8. The van der Waals surface area contributed by atoms with Gasteiger partial charge >= 0.3 is 5.97 Å². The van der Waals surface area contributed by atoms with Crippen LogP contribution in [0.25, 0.3) is 33.7 Å². The second-order valence-corrected chi connectivity index (χ2v) is 15.5. The first-order chi connectivity index (χ1) is 27.7. The summed E-state index contributed by atoms with van der Waals surface area (Å²) in [6.07, 6.45) is 1.89. The van der Waals surface area contributed by atoms with E-state index in [1.807, 2.05) is 101 Å². The summed E-state index contributed by atoms with van der Waals surface area (Å²) in [5.41, 5.74) is 6.97. The van der Waals surface area contributed by atoms with Crippen LogP contribution in [0.3, 0.4) is 0 Å². The molecule has 1 atom stereocenters. The van der Waals surface area contributed by atoms with Gasteiger partial charge in [-0.3, -0.25) is 14.9 Å². The number of aromatic amines is 1. The normalized spacial score (nSPS) is 14.0. The zero-order valence-electron chi connectivity index (χ0n) is 30.9. The van der Waals surface area contributed by atoms with Crippen molar-refractivity contribution in [3.63, 3.8) is 0 Å². The summed E-state index contributed by atoms with van der Waals surface area (Å²) >= 11 is 2.36. The predicted octanol–water partition coefficient (Wildman–Crippen LogP) is 6.48. The van der Waals surface area contributed by atoms with Gasteiger partial charge in [0.05, 0.1) is 10.9 Å². The van der Waals surface area contributed by atoms with Crippen LogP contribution in [-0.4, -0.2) is 72.2 Å². The number of amides is 2. The molecule has 1 unspecified atom stereocenters. The number of aromatic carboxylic acids is 1. The maximum atomic E-state index is 12.8. The van der Waals surface area contributed by atoms with Crippen molar-refractivity contribution >= 4 is 51.8 Å². The highest BCUT2D eigenvalue weighted by molar-refractivity contribution is 8.15. The predicted molar refractivity (Wildman–Crippen MR) is 215 cm³/mol. The average Bonchev–Trinajstić information content (AvgIpc) is 4.01. The molecule has 17 heteroatoms. The number of carboxylic acid groups (broad SMARTS) is 1. The van der Waals surface area contributed by atoms with Gasteiger partial charge in [0.2, 0.25) is 11.7 Å². The number of pyridine rings is 1. The summed E-state index contributed by atoms with van der Waals surface area (Å²) in [5, 5.41) is 27.0. The number of hydrogen-bond donors (Lipinski definition) is 3. The smallest absolute Gasteiger partial charge is 0.355 e. The average molecular weight is 801 g/mol. The molecule has 0 bridgehead atoms. The van der Waals surface area contributed by atoms with Crippen molar-refractivity contribution < 1.29 is 24.2 Å². The fourth-order valence-corrected chi connectivity index (χ4v) is 8.47. The summed E-state index contributed by atoms with van der Waals surface area (Å²) in [6, 6.07) is 27.1. The molecule has 2 amide bonds. The molecule has 4 aromatic heterocycles. The van der Waals surface area contributed by atoms with Gasteiger partial charge in [-0.25, -0.2) is 19.7 Å². The van der Waals surface area contributed by atoms with E-state index in [4.69, 9.17) is 19.7 Å². The lowest BCUT2D eigenvalue weighted by Gasteiger charge is -2.12. The molecule has 15 nitrogen and oxygen atoms in total. The van der Waals surface area contributed by atoms with Crippen LogP contribution in [0.4, 0.5) is 4.79 Å². The zero-order valence-corrected chi connectivity index (χ0v) is 32.5. The van der Waals surface area contributed by atoms with Gasteiger partial charge in [-0.05, 0) is 64.6 Å². The van der Waals surface area contributed by atoms with Gasteiger partial charge in [-0.1, -0.05) is 91.1 Å². The lowest BCUT2D eigenvalue weighted by atomic mass is 9.98. The number of rotatable bonds is 15. The minimum atomic E-state index is -1.04. The van der Waals surface area contributed by atoms with E-state index in [0.29, 0.717) is 58.7 Å². The van der Waals surface area contributed by atoms with Gasteiger partial charge in [-0.15, -0.1) is 10.2 Å². The third kappa shape index (κ3) is 8.15. The molecule has 7 aromatic rings. The molecule has 1 saturated heterocycles. The van der Waals surface area contributed by atoms with E-state index in [2.05, 4.69) is 32.9 Å². The Bertz CT molecular complexity index is 2590. The fourth-order valence-electron chi connectivity index (χ4n) is 6.66. The Morgan fingerprint density at radius 2 is 1.70 bits per heavy atom. The zero-order chi connectivity index (χ0) is 39.5. The van der Waals surface area contributed by atoms with E-state index < -0.39 is 11.2 Å². The Morgan fingerprint density at radius 3 is 2.40 bits per heavy atom. The monoisotopic (exact) mass is 800 g/mol. The summed E-state index contributed by atoms with van der Waals surface area (Å²) < 4.78 is 9.72. The number of carbonyl (C=O) groups excluding carboxylic acids is 2. The van der Waals surface area contributed by atoms with Crippen molar-refractivity contribution in [2.45, 2.75) is 55.4 Å². The van der Waals surface area contributed by atoms with Crippen LogP contribution < -0.4 is 10.1 Å². The number of tetrazole rings is 1. The quantitative estimate of drug-likeness (QED) is 0.0955. The SMILES string of the molecule is CCCc1nc(SCc2ccc3nc(COc4ccc(CC5SC(=O)NC5=O)cc4)n(C)c3n2)c(C(=O)O)n1Cc1ccc(-c2ccccc2-c2nn[nH]n2)cc1. The first-order valence-corrected chi connectivity index (χ1v) is 20.0. The van der Waals surface area contributed by atoms with E-state index in [9.17, 15) is 19.5 Å². The summed E-state index contributed by atoms with van der Waals surface area (Å²) in [5.74, 6) is 1.66. The Morgan fingerprint density at radius 1 is 0.930 bits per heavy atom. The second-order valence-electron chi connectivity index (χ2n) is 13.3. The first-order valence-electron chi connectivity index (χ1n) is 18.2. The van der Waals surface area contributed by atoms with E-state index >= 15 is 0 Å². The molecule has 8 rings (SSSR count). The number of imide groups is 1. The van der Waals surface area contributed by atoms with Gasteiger partial charge < -0.3 is 19.0 Å². The maximum absolute atomic E-state index is 12.8. The van der Waals surface area contributed by atoms with Crippen LogP contribution in [0.1, 0.15) is 52.3 Å². The van der Waals surface area contributed by atoms with Crippen molar-refractivity contribution in [3.8, 4) is 28.3 Å². The number of H-pyrrole nitrogens is 1. The molecule has 0 saturated carbocycles. The molecule has 0 aliphatic carbocycles. The van der Waals surface area contributed by atoms with E-state index in [-0.39, 0.29) is 23.4 Å². The minimum Gasteiger partial charge on any atom is -0.486 e. The highest BCUT2D eigenvalue weighted by atomic mass is 32.2. The number of aryl methyl sites for hydroxylation is 2. The van der Waals surface area contributed by atoms with Crippen molar-refractivity contribution in [3.05, 3.63) is 119 Å². The topological polar surface area (TPSA) is 196 Å². The number of imidazole rings is 2. The van der Waals surface area contributed by atoms with E-state index in [1.54, 1.807) is 0 Å². The molecule has 0 spiro atoms. The third-order valence-electron chi connectivity index (χ3n) is 9.51. The summed E-state index contributed by atoms with van der Waals surface area (Å²) in [7, 11) is 1.88. The van der Waals surface area contributed by atoms with Crippen molar-refractivity contribution in [1.29, 1.82) is 0 Å². The molecule has 3 aromatic carbocycles. The number of ether oxygens (including phenoxy) is 1. The first kappa shape index (κ1) is 37.6. The molecular formula is C40H36N10O5S2. The number of thioether (sulfide) groups is 2. The molecule has 1 aliphatic rings. The van der Waals surface area contributed by atoms with Crippen LogP contribution in [0, 0.1) is 0 Å². The lowest BCUT2D eigenvalue weighted by molar-refractivity contribution is -0.118. The molecule has 1 aliphatic heterocycles. The van der Waals surface area contributed by atoms with Crippen LogP contribution in [0.15, 0.2) is 90.0 Å². The number of hydrogen-bond acceptors (Lipinski definition) is 12. The summed E-state index contributed by atoms with van der Waals surface area (Å²) in [4.78, 5) is 50.6. The minimum absolute atomic E-state index is 0.155. The van der Waals surface area contributed by atoms with Crippen molar-refractivity contribution in [1.82, 2.24) is 50.0 Å². The maximum Gasteiger partial charge on any atom is 0.355 e. The summed E-state index contributed by atoms with van der Waals surface area (Å²) in [6.45, 7) is 2.61. The molecule has 3 N–H and O–H groups in total. The Hall–Kier alpha value is -6.33. The van der Waals surface area contributed by atoms with Crippen LogP contribution in [0.5, 0.6) is 5.75 Å². The van der Waals surface area contributed by atoms with Gasteiger partial charge in [0.25, 0.3) is 5.24 Å². The fraction of sp³-hybridized carbons (Fsp3) is 0.225. The second kappa shape index (κ2) is 16.4. The molecular weight excluding hydrogens is 765 g/mol. The molecule has 0 radical (unpaired) electrons. The Labute approximate surface area is 334 Å². The van der Waals surface area contributed by atoms with Crippen molar-refractivity contribution in [2.75, 3.05) is 0 Å². The number of benzene rings is 3. The van der Waals surface area contributed by atoms with Crippen LogP contribution in [0.2, 0.25) is 0 Å². The third-order valence-corrected chi connectivity index (χ3v) is 11.5. The number of carbonyl (C=O) groups is 3. The van der Waals surface area contributed by atoms with Gasteiger partial charge in [-0.2, -0.15) is 5.21 Å². The molecule has 57 heavy (non-hydrogen) atoms. The lowest BCUT2D eigenvalue weighted by Crippen LogP contribution is -2.25. The highest BCUT2D eigenvalue weighted by Gasteiger charge is 2.31. The largest absolute Gasteiger partial charge is 0.486 e. The highest BCUT2D eigenvalue weighted by Crippen LogP contribution is 2.32. The van der Waals surface area contributed by atoms with Crippen LogP contribution >= 0.6 is 23.5 Å². The Kier molecular flexibility index (Phi) is 10.8. The van der Waals surface area contributed by atoms with Crippen LogP contribution in [-0.2, 0) is 43.6 Å². The Balaban J connectivity index is 0.948. The van der Waals surface area contributed by atoms with Gasteiger partial charge in [0.15, 0.2) is 11.3 Å². The van der Waals surface area contributed by atoms with Gasteiger partial charge in [0.1, 0.15) is 34.5 Å². The van der Waals surface area contributed by atoms with Gasteiger partial charge in [0, 0.05) is 31.3 Å². The van der Waals surface area contributed by atoms with E-state index in [1.165, 1.54) is 11.8 Å². The standard InChI is InChI=1S/C40H36N10O5S2/c1-3-6-32-43-38(34(39(52)53)50(32)20-24-9-13-25(14-10-24)28-7-4-5-8-29(28)35-45-47-48-46-35)56-22-26-15-18-30-36(41-26)49(2)33(42-30)21-55-27-16-11-23(12-17-27)19-31-37(51)44-40(54)57-31/h4-5,7-18,31H,3,6,19-22H2,1-2H3,(H,52,53)(H,44,51,54)(H,45,46,47,48). The van der Waals surface area contributed by atoms with Crippen molar-refractivity contribution in [2.24, 2.45) is 7.05 Å². The number of aromatic nitrogens is 9. The molecule has 288 valence electrons. The molecule has 1 fully saturated rings. The number of carboxylic acids is 1. The molecule has 5 heterocycles.